The van der Waals surface area contributed by atoms with E-state index in [0.717, 1.165) is 6.07 Å². The maximum absolute atomic E-state index is 14.8. The first kappa shape index (κ1) is 17.9. The van der Waals surface area contributed by atoms with Gasteiger partial charge in [0.1, 0.15) is 28.5 Å². The van der Waals surface area contributed by atoms with Crippen molar-refractivity contribution < 1.29 is 22.1 Å². The third-order valence-electron chi connectivity index (χ3n) is 4.26. The normalized spacial score (nSPS) is 12.1. The van der Waals surface area contributed by atoms with Crippen LogP contribution >= 0.6 is 0 Å². The molecule has 3 N–H and O–H groups in total. The molecule has 11 heteroatoms. The molecule has 0 aliphatic carbocycles. The summed E-state index contributed by atoms with van der Waals surface area (Å²) in [5.41, 5.74) is 4.92. The fraction of sp³-hybridized carbons (Fsp3) is 0.176. The van der Waals surface area contributed by atoms with Crippen LogP contribution < -0.4 is 5.73 Å². The number of anilines is 1. The van der Waals surface area contributed by atoms with E-state index < -0.39 is 23.3 Å². The minimum absolute atomic E-state index is 0.00753. The number of fused-ring (bicyclic) bond motifs is 1. The first-order valence-corrected chi connectivity index (χ1v) is 7.97. The van der Waals surface area contributed by atoms with Crippen LogP contribution in [0.4, 0.5) is 23.5 Å². The van der Waals surface area contributed by atoms with E-state index in [4.69, 9.17) is 10.3 Å². The van der Waals surface area contributed by atoms with E-state index in [9.17, 15) is 17.6 Å². The zero-order valence-electron chi connectivity index (χ0n) is 14.5. The van der Waals surface area contributed by atoms with Crippen LogP contribution in [-0.4, -0.2) is 25.1 Å². The molecule has 4 heterocycles. The van der Waals surface area contributed by atoms with E-state index in [0.29, 0.717) is 23.2 Å². The fourth-order valence-electron chi connectivity index (χ4n) is 3.02. The third kappa shape index (κ3) is 2.75. The maximum atomic E-state index is 14.8. The zero-order valence-corrected chi connectivity index (χ0v) is 14.5. The second-order valence-electron chi connectivity index (χ2n) is 6.10. The number of pyridine rings is 1. The first-order valence-electron chi connectivity index (χ1n) is 7.97. The van der Waals surface area contributed by atoms with Crippen LogP contribution in [0.25, 0.3) is 33.5 Å². The van der Waals surface area contributed by atoms with Crippen LogP contribution in [0.1, 0.15) is 17.0 Å². The average molecular weight is 392 g/mol. The van der Waals surface area contributed by atoms with Gasteiger partial charge in [-0.05, 0) is 19.9 Å². The van der Waals surface area contributed by atoms with Crippen LogP contribution in [0.15, 0.2) is 23.0 Å². The van der Waals surface area contributed by atoms with Crippen molar-refractivity contribution in [2.75, 3.05) is 5.73 Å². The minimum Gasteiger partial charge on any atom is -0.368 e. The van der Waals surface area contributed by atoms with Gasteiger partial charge in [0.15, 0.2) is 0 Å². The van der Waals surface area contributed by atoms with Gasteiger partial charge in [0.25, 0.3) is 0 Å². The molecule has 0 bridgehead atoms. The minimum atomic E-state index is -4.71. The largest absolute Gasteiger partial charge is 0.419 e. The summed E-state index contributed by atoms with van der Waals surface area (Å²) in [5, 5.41) is 3.89. The number of aromatic amines is 1. The molecule has 0 saturated heterocycles. The Balaban J connectivity index is 1.96. The topological polar surface area (TPSA) is 107 Å². The van der Waals surface area contributed by atoms with Crippen LogP contribution in [-0.2, 0) is 6.18 Å². The molecule has 0 aromatic carbocycles. The van der Waals surface area contributed by atoms with Crippen LogP contribution in [0.3, 0.4) is 0 Å². The molecule has 4 aromatic rings. The number of hydrogen-bond acceptors (Lipinski definition) is 6. The molecule has 7 nitrogen and oxygen atoms in total. The molecule has 0 saturated carbocycles. The molecular formula is C17H12F4N6O. The first-order chi connectivity index (χ1) is 13.2. The van der Waals surface area contributed by atoms with Gasteiger partial charge in [-0.15, -0.1) is 0 Å². The number of nitrogens with zero attached hydrogens (tertiary/aromatic N) is 4. The second-order valence-corrected chi connectivity index (χ2v) is 6.10. The van der Waals surface area contributed by atoms with E-state index in [2.05, 4.69) is 25.1 Å². The molecular weight excluding hydrogens is 380 g/mol. The fourth-order valence-corrected chi connectivity index (χ4v) is 3.02. The molecule has 0 amide bonds. The van der Waals surface area contributed by atoms with Gasteiger partial charge in [0, 0.05) is 23.3 Å². The number of nitrogens with one attached hydrogen (secondary N) is 1. The van der Waals surface area contributed by atoms with Crippen LogP contribution in [0.2, 0.25) is 0 Å². The van der Waals surface area contributed by atoms with Gasteiger partial charge in [0.2, 0.25) is 5.95 Å². The summed E-state index contributed by atoms with van der Waals surface area (Å²) in [4.78, 5) is 14.1. The molecule has 0 atom stereocenters. The molecule has 0 unspecified atom stereocenters. The number of aromatic nitrogens is 5. The molecule has 144 valence electrons. The zero-order chi connectivity index (χ0) is 20.2. The van der Waals surface area contributed by atoms with Crippen molar-refractivity contribution >= 4 is 17.0 Å². The quantitative estimate of drug-likeness (QED) is 0.499. The summed E-state index contributed by atoms with van der Waals surface area (Å²) in [6.07, 6.45) is -2.85. The molecule has 0 fully saturated rings. The van der Waals surface area contributed by atoms with Crippen LogP contribution in [0, 0.1) is 19.7 Å². The van der Waals surface area contributed by atoms with E-state index in [1.54, 1.807) is 13.8 Å². The molecule has 4 aromatic heterocycles. The Morgan fingerprint density at radius 1 is 1.14 bits per heavy atom. The Morgan fingerprint density at radius 2 is 1.89 bits per heavy atom. The molecule has 0 aliphatic rings. The predicted octanol–water partition coefficient (Wildman–Crippen LogP) is 4.03. The van der Waals surface area contributed by atoms with E-state index in [-0.39, 0.29) is 28.2 Å². The van der Waals surface area contributed by atoms with Crippen molar-refractivity contribution in [1.29, 1.82) is 0 Å². The lowest BCUT2D eigenvalue weighted by Gasteiger charge is -2.11. The van der Waals surface area contributed by atoms with E-state index >= 15 is 0 Å². The van der Waals surface area contributed by atoms with E-state index in [1.807, 2.05) is 0 Å². The lowest BCUT2D eigenvalue weighted by Crippen LogP contribution is -2.11. The Kier molecular flexibility index (Phi) is 3.84. The number of halogens is 4. The highest BCUT2D eigenvalue weighted by Gasteiger charge is 2.36. The van der Waals surface area contributed by atoms with Crippen molar-refractivity contribution in [2.24, 2.45) is 0 Å². The summed E-state index contributed by atoms with van der Waals surface area (Å²) in [7, 11) is 0. The number of aryl methyl sites for hydroxylation is 2. The summed E-state index contributed by atoms with van der Waals surface area (Å²) in [6.45, 7) is 3.25. The Morgan fingerprint density at radius 3 is 2.54 bits per heavy atom. The van der Waals surface area contributed by atoms with Crippen molar-refractivity contribution in [1.82, 2.24) is 25.1 Å². The molecule has 0 aliphatic heterocycles. The number of alkyl halides is 3. The number of hydrogen-bond donors (Lipinski definition) is 2. The SMILES string of the molecule is Cc1noc(C)c1-c1nc2[nH]cc(-c3nc(N)ncc3C(F)(F)F)c2cc1F. The molecule has 28 heavy (non-hydrogen) atoms. The standard InChI is InChI=1S/C17H12F4N6O/c1-6-12(7(2)28-27-6)14-11(18)3-8-9(4-23-15(8)25-14)13-10(17(19,20)21)5-24-16(22)26-13/h3-5H,1-2H3,(H,23,25)(H2,22,24,26). The molecule has 4 rings (SSSR count). The van der Waals surface area contributed by atoms with Crippen molar-refractivity contribution in [3.63, 3.8) is 0 Å². The Bertz CT molecular complexity index is 1190. The van der Waals surface area contributed by atoms with Gasteiger partial charge in [0.05, 0.1) is 17.0 Å². The van der Waals surface area contributed by atoms with Gasteiger partial charge < -0.3 is 15.2 Å². The van der Waals surface area contributed by atoms with Crippen molar-refractivity contribution in [3.8, 4) is 22.5 Å². The Hall–Kier alpha value is -3.50. The average Bonchev–Trinajstić information content (AvgIpc) is 3.16. The lowest BCUT2D eigenvalue weighted by atomic mass is 10.0. The maximum Gasteiger partial charge on any atom is 0.419 e. The molecule has 0 spiro atoms. The van der Waals surface area contributed by atoms with Crippen molar-refractivity contribution in [2.45, 2.75) is 20.0 Å². The highest BCUT2D eigenvalue weighted by Crippen LogP contribution is 2.39. The van der Waals surface area contributed by atoms with E-state index in [1.165, 1.54) is 6.20 Å². The number of rotatable bonds is 2. The number of H-pyrrole nitrogens is 1. The van der Waals surface area contributed by atoms with Crippen molar-refractivity contribution in [3.05, 3.63) is 41.3 Å². The highest BCUT2D eigenvalue weighted by atomic mass is 19.4. The molecule has 0 radical (unpaired) electrons. The smallest absolute Gasteiger partial charge is 0.368 e. The van der Waals surface area contributed by atoms with Gasteiger partial charge in [-0.2, -0.15) is 13.2 Å². The lowest BCUT2D eigenvalue weighted by molar-refractivity contribution is -0.137. The van der Waals surface area contributed by atoms with Gasteiger partial charge >= 0.3 is 6.18 Å². The Labute approximate surface area is 154 Å². The van der Waals surface area contributed by atoms with Gasteiger partial charge in [-0.25, -0.2) is 19.3 Å². The number of nitrogens with two attached hydrogens (primary N) is 1. The summed E-state index contributed by atoms with van der Waals surface area (Å²) in [5.74, 6) is -0.700. The summed E-state index contributed by atoms with van der Waals surface area (Å²) < 4.78 is 59.9. The van der Waals surface area contributed by atoms with Gasteiger partial charge in [-0.3, -0.25) is 0 Å². The summed E-state index contributed by atoms with van der Waals surface area (Å²) >= 11 is 0. The van der Waals surface area contributed by atoms with Gasteiger partial charge in [-0.1, -0.05) is 5.16 Å². The predicted molar refractivity (Wildman–Crippen MR) is 91.5 cm³/mol. The van der Waals surface area contributed by atoms with Crippen LogP contribution in [0.5, 0.6) is 0 Å². The third-order valence-corrected chi connectivity index (χ3v) is 4.26. The monoisotopic (exact) mass is 392 g/mol. The summed E-state index contributed by atoms with van der Waals surface area (Å²) in [6, 6.07) is 1.09. The second kappa shape index (κ2) is 6.01. The number of nitrogen functional groups attached to an aromatic ring is 1. The highest BCUT2D eigenvalue weighted by molar-refractivity contribution is 5.94.